The van der Waals surface area contributed by atoms with Crippen molar-refractivity contribution in [2.75, 3.05) is 18.9 Å². The number of aromatic nitrogens is 1. The highest BCUT2D eigenvalue weighted by Gasteiger charge is 2.15. The van der Waals surface area contributed by atoms with Gasteiger partial charge in [0.05, 0.1) is 24.3 Å². The average molecular weight is 314 g/mol. The van der Waals surface area contributed by atoms with Crippen molar-refractivity contribution in [3.63, 3.8) is 0 Å². The van der Waals surface area contributed by atoms with E-state index in [9.17, 15) is 9.59 Å². The summed E-state index contributed by atoms with van der Waals surface area (Å²) in [6.07, 6.45) is 0. The van der Waals surface area contributed by atoms with Crippen molar-refractivity contribution in [3.8, 4) is 6.07 Å². The van der Waals surface area contributed by atoms with E-state index in [0.29, 0.717) is 11.6 Å². The van der Waals surface area contributed by atoms with Crippen LogP contribution < -0.4 is 11.5 Å². The molecule has 0 fully saturated rings. The topological polar surface area (TPSA) is 141 Å². The number of esters is 2. The molecule has 8 nitrogen and oxygen atoms in total. The Bertz CT molecular complexity index is 524. The number of carbonyl (C=O) groups is 2. The minimum Gasteiger partial charge on any atom is -0.464 e. The molecule has 1 aromatic rings. The normalized spacial score (nSPS) is 10.6. The maximum Gasteiger partial charge on any atom is 0.360 e. The van der Waals surface area contributed by atoms with Gasteiger partial charge >= 0.3 is 11.9 Å². The van der Waals surface area contributed by atoms with Gasteiger partial charge in [-0.3, -0.25) is 0 Å². The summed E-state index contributed by atoms with van der Waals surface area (Å²) in [6, 6.07) is 0.418. The van der Waals surface area contributed by atoms with E-state index < -0.39 is 18.0 Å². The molecule has 116 valence electrons. The summed E-state index contributed by atoms with van der Waals surface area (Å²) in [4.78, 5) is 25.5. The molecule has 0 radical (unpaired) electrons. The molecule has 1 atom stereocenters. The maximum atomic E-state index is 11.1. The molecule has 0 aliphatic rings. The molecule has 1 aromatic heterocycles. The Balaban J connectivity index is 0.000000400. The number of aryl methyl sites for hydroxylation is 1. The lowest BCUT2D eigenvalue weighted by Crippen LogP contribution is -2.30. The molecule has 0 amide bonds. The maximum absolute atomic E-state index is 11.1. The fourth-order valence-corrected chi connectivity index (χ4v) is 1.75. The molecule has 0 aromatic carbocycles. The zero-order chi connectivity index (χ0) is 16.4. The van der Waals surface area contributed by atoms with Crippen molar-refractivity contribution < 1.29 is 19.1 Å². The predicted molar refractivity (Wildman–Crippen MR) is 77.4 cm³/mol. The number of anilines is 1. The SMILES string of the molecule is CCOC(=O)C(N)C#N.CCOC(=O)c1nc(C)sc1N. The Morgan fingerprint density at radius 1 is 1.38 bits per heavy atom. The summed E-state index contributed by atoms with van der Waals surface area (Å²) >= 11 is 1.29. The summed E-state index contributed by atoms with van der Waals surface area (Å²) in [7, 11) is 0. The third-order valence-corrected chi connectivity index (χ3v) is 2.71. The number of nitrogen functional groups attached to an aromatic ring is 1. The minimum absolute atomic E-state index is 0.236. The van der Waals surface area contributed by atoms with E-state index in [1.54, 1.807) is 26.8 Å². The minimum atomic E-state index is -1.13. The average Bonchev–Trinajstić information content (AvgIpc) is 2.78. The Kier molecular flexibility index (Phi) is 8.68. The molecule has 0 spiro atoms. The molecule has 0 aliphatic carbocycles. The second-order valence-corrected chi connectivity index (χ2v) is 4.76. The molecular formula is C12H18N4O4S. The Labute approximate surface area is 126 Å². The molecule has 21 heavy (non-hydrogen) atoms. The van der Waals surface area contributed by atoms with Gasteiger partial charge in [-0.05, 0) is 20.8 Å². The van der Waals surface area contributed by atoms with Crippen LogP contribution in [-0.2, 0) is 14.3 Å². The van der Waals surface area contributed by atoms with Crippen molar-refractivity contribution >= 4 is 28.3 Å². The summed E-state index contributed by atoms with van der Waals surface area (Å²) in [6.45, 7) is 5.79. The molecule has 1 unspecified atom stereocenters. The van der Waals surface area contributed by atoms with Crippen molar-refractivity contribution in [1.82, 2.24) is 4.98 Å². The van der Waals surface area contributed by atoms with Crippen LogP contribution in [0, 0.1) is 18.3 Å². The van der Waals surface area contributed by atoms with Gasteiger partial charge in [-0.2, -0.15) is 5.26 Å². The number of thiazole rings is 1. The molecule has 1 rings (SSSR count). The lowest BCUT2D eigenvalue weighted by Gasteiger charge is -2.00. The highest BCUT2D eigenvalue weighted by atomic mass is 32.1. The van der Waals surface area contributed by atoms with Gasteiger partial charge in [0, 0.05) is 0 Å². The van der Waals surface area contributed by atoms with Crippen LogP contribution in [0.1, 0.15) is 29.3 Å². The zero-order valence-electron chi connectivity index (χ0n) is 12.1. The van der Waals surface area contributed by atoms with Gasteiger partial charge in [-0.15, -0.1) is 11.3 Å². The largest absolute Gasteiger partial charge is 0.464 e. The summed E-state index contributed by atoms with van der Waals surface area (Å²) < 4.78 is 9.16. The molecule has 0 aliphatic heterocycles. The van der Waals surface area contributed by atoms with Gasteiger partial charge in [0.1, 0.15) is 5.00 Å². The Hall–Kier alpha value is -2.18. The van der Waals surface area contributed by atoms with E-state index in [0.717, 1.165) is 5.01 Å². The van der Waals surface area contributed by atoms with E-state index in [1.807, 2.05) is 0 Å². The Morgan fingerprint density at radius 2 is 1.95 bits per heavy atom. The zero-order valence-corrected chi connectivity index (χ0v) is 12.9. The lowest BCUT2D eigenvalue weighted by molar-refractivity contribution is -0.143. The molecule has 9 heteroatoms. The van der Waals surface area contributed by atoms with Gasteiger partial charge in [0.2, 0.25) is 0 Å². The number of rotatable bonds is 4. The van der Waals surface area contributed by atoms with Crippen molar-refractivity contribution in [2.24, 2.45) is 5.73 Å². The quantitative estimate of drug-likeness (QED) is 0.770. The lowest BCUT2D eigenvalue weighted by atomic mass is 10.4. The third-order valence-electron chi connectivity index (χ3n) is 1.91. The van der Waals surface area contributed by atoms with E-state index in [4.69, 9.17) is 21.5 Å². The van der Waals surface area contributed by atoms with Crippen LogP contribution >= 0.6 is 11.3 Å². The van der Waals surface area contributed by atoms with Gasteiger partial charge < -0.3 is 20.9 Å². The number of nitrogens with two attached hydrogens (primary N) is 2. The highest BCUT2D eigenvalue weighted by Crippen LogP contribution is 2.20. The van der Waals surface area contributed by atoms with E-state index in [1.165, 1.54) is 11.3 Å². The van der Waals surface area contributed by atoms with Crippen molar-refractivity contribution in [1.29, 1.82) is 5.26 Å². The van der Waals surface area contributed by atoms with Crippen LogP contribution in [0.25, 0.3) is 0 Å². The number of hydrogen-bond donors (Lipinski definition) is 2. The van der Waals surface area contributed by atoms with Crippen LogP contribution in [0.15, 0.2) is 0 Å². The van der Waals surface area contributed by atoms with Gasteiger partial charge in [0.25, 0.3) is 0 Å². The van der Waals surface area contributed by atoms with Crippen LogP contribution in [0.4, 0.5) is 5.00 Å². The number of nitrogens with zero attached hydrogens (tertiary/aromatic N) is 2. The molecule has 4 N–H and O–H groups in total. The van der Waals surface area contributed by atoms with Gasteiger partial charge in [-0.25, -0.2) is 14.6 Å². The number of carbonyl (C=O) groups excluding carboxylic acids is 2. The highest BCUT2D eigenvalue weighted by molar-refractivity contribution is 7.15. The first-order valence-electron chi connectivity index (χ1n) is 6.09. The second kappa shape index (κ2) is 9.68. The first-order chi connectivity index (χ1) is 9.87. The van der Waals surface area contributed by atoms with E-state index in [2.05, 4.69) is 9.72 Å². The number of ether oxygens (including phenoxy) is 2. The second-order valence-electron chi connectivity index (χ2n) is 3.53. The first-order valence-corrected chi connectivity index (χ1v) is 6.90. The molecule has 0 saturated heterocycles. The predicted octanol–water partition coefficient (Wildman–Crippen LogP) is 0.611. The fourth-order valence-electron chi connectivity index (χ4n) is 1.07. The first kappa shape index (κ1) is 18.8. The molecule has 0 saturated carbocycles. The number of nitriles is 1. The standard InChI is InChI=1S/C7H10N2O2S.C5H8N2O2/c1-3-11-7(10)5-6(8)12-4(2)9-5;1-2-9-5(8)4(7)3-6/h3,8H2,1-2H3;4H,2,7H2,1H3. The van der Waals surface area contributed by atoms with E-state index in [-0.39, 0.29) is 12.3 Å². The molecular weight excluding hydrogens is 296 g/mol. The number of hydrogen-bond acceptors (Lipinski definition) is 9. The van der Waals surface area contributed by atoms with Crippen LogP contribution in [0.3, 0.4) is 0 Å². The third kappa shape index (κ3) is 6.69. The van der Waals surface area contributed by atoms with Crippen LogP contribution in [0.2, 0.25) is 0 Å². The smallest absolute Gasteiger partial charge is 0.360 e. The van der Waals surface area contributed by atoms with Crippen molar-refractivity contribution in [3.05, 3.63) is 10.7 Å². The summed E-state index contributed by atoms with van der Waals surface area (Å²) in [5.41, 5.74) is 10.7. The fraction of sp³-hybridized carbons (Fsp3) is 0.500. The monoisotopic (exact) mass is 314 g/mol. The molecule has 1 heterocycles. The molecule has 0 bridgehead atoms. The summed E-state index contributed by atoms with van der Waals surface area (Å²) in [5.74, 6) is -1.11. The van der Waals surface area contributed by atoms with Crippen molar-refractivity contribution in [2.45, 2.75) is 26.8 Å². The van der Waals surface area contributed by atoms with E-state index >= 15 is 0 Å². The summed E-state index contributed by atoms with van der Waals surface area (Å²) in [5, 5.41) is 9.25. The van der Waals surface area contributed by atoms with Gasteiger partial charge in [-0.1, -0.05) is 0 Å². The van der Waals surface area contributed by atoms with Crippen LogP contribution in [-0.4, -0.2) is 36.2 Å². The van der Waals surface area contributed by atoms with Gasteiger partial charge in [0.15, 0.2) is 11.7 Å². The Morgan fingerprint density at radius 3 is 2.33 bits per heavy atom. The van der Waals surface area contributed by atoms with Crippen LogP contribution in [0.5, 0.6) is 0 Å².